The van der Waals surface area contributed by atoms with Crippen molar-refractivity contribution < 1.29 is 117 Å². The van der Waals surface area contributed by atoms with Crippen LogP contribution < -0.4 is 47.3 Å². The van der Waals surface area contributed by atoms with E-state index in [4.69, 9.17) is 0 Å². The third kappa shape index (κ3) is 4.80. The number of halogens is 20. The van der Waals surface area contributed by atoms with Crippen molar-refractivity contribution >= 4 is 30.8 Å². The zero-order valence-electron chi connectivity index (χ0n) is 21.1. The normalized spacial score (nSPS) is 11.7. The molecule has 0 bridgehead atoms. The number of benzene rings is 4. The Hall–Kier alpha value is -2.99. The summed E-state index contributed by atoms with van der Waals surface area (Å²) in [5, 5.41) is 0. The Kier molecular flexibility index (Phi) is 10.2. The molecule has 0 aromatic heterocycles. The summed E-state index contributed by atoms with van der Waals surface area (Å²) in [6, 6.07) is 0. The maximum atomic E-state index is 15.4. The minimum Gasteiger partial charge on any atom is -0.208 e. The molecule has 0 amide bonds. The van der Waals surface area contributed by atoms with Gasteiger partial charge in [0.15, 0.2) is 69.8 Å². The molecule has 46 heavy (non-hydrogen) atoms. The fraction of sp³-hybridized carbons (Fsp3) is 0. The van der Waals surface area contributed by atoms with Crippen LogP contribution in [0.2, 0.25) is 0 Å². The maximum Gasteiger partial charge on any atom is 1.00 e. The van der Waals surface area contributed by atoms with Crippen LogP contribution in [0.1, 0.15) is 0 Å². The van der Waals surface area contributed by atoms with Crippen LogP contribution in [-0.4, -0.2) is 13.1 Å². The predicted molar refractivity (Wildman–Crippen MR) is 109 cm³/mol. The molecule has 0 unspecified atom stereocenters. The van der Waals surface area contributed by atoms with Crippen LogP contribution in [0.15, 0.2) is 0 Å². The van der Waals surface area contributed by atoms with Crippen molar-refractivity contribution in [2.24, 2.45) is 0 Å². The summed E-state index contributed by atoms with van der Waals surface area (Å²) in [6.07, 6.45) is 0. The maximum absolute atomic E-state index is 15.4. The quantitative estimate of drug-likeness (QED) is 0.132. The second kappa shape index (κ2) is 12.6. The van der Waals surface area contributed by atoms with E-state index >= 15 is 35.1 Å². The van der Waals surface area contributed by atoms with Gasteiger partial charge in [0.05, 0.1) is 0 Å². The van der Waals surface area contributed by atoms with E-state index in [-0.39, 0.29) is 29.6 Å². The predicted octanol–water partition coefficient (Wildman–Crippen LogP) is 2.85. The molecule has 0 saturated heterocycles. The van der Waals surface area contributed by atoms with Crippen LogP contribution in [-0.2, 0) is 0 Å². The molecule has 22 heteroatoms. The summed E-state index contributed by atoms with van der Waals surface area (Å²) in [7, 11) is 0. The van der Waals surface area contributed by atoms with Gasteiger partial charge in [0.2, 0.25) is 0 Å². The Bertz CT molecular complexity index is 1580. The summed E-state index contributed by atoms with van der Waals surface area (Å²) in [5.74, 6) is -70.8. The summed E-state index contributed by atoms with van der Waals surface area (Å²) in [5.41, 5.74) is 0. The first kappa shape index (κ1) is 37.5. The van der Waals surface area contributed by atoms with Gasteiger partial charge in [-0.25, -0.2) is 87.8 Å². The van der Waals surface area contributed by atoms with Crippen LogP contribution >= 0.6 is 0 Å². The molecule has 4 aromatic rings. The van der Waals surface area contributed by atoms with Gasteiger partial charge in [-0.2, -0.15) is 0 Å². The average molecular weight is 718 g/mol. The van der Waals surface area contributed by atoms with E-state index in [2.05, 4.69) is 0 Å². The number of hydrogen-bond donors (Lipinski definition) is 0. The zero-order chi connectivity index (χ0) is 34.4. The van der Waals surface area contributed by atoms with E-state index in [1.165, 1.54) is 0 Å². The van der Waals surface area contributed by atoms with Gasteiger partial charge in [-0.1, -0.05) is 0 Å². The first-order valence-electron chi connectivity index (χ1n) is 10.9. The molecule has 0 spiro atoms. The SMILES string of the molecule is Fc1c(F)c(F)[c]([Al-]([c]2c(F)c(F)c(F)c(F)c2F)([c]2c(F)c(F)c(F)c(F)c2F)[c]2c(F)c(F)c(F)c(F)c2F)c(F)c1F.[Na+]. The molecule has 0 radical (unpaired) electrons. The molecule has 0 atom stereocenters. The molecule has 0 saturated carbocycles. The van der Waals surface area contributed by atoms with Crippen molar-refractivity contribution in [2.45, 2.75) is 0 Å². The summed E-state index contributed by atoms with van der Waals surface area (Å²) >= 11 is -9.08. The van der Waals surface area contributed by atoms with Gasteiger partial charge < -0.3 is 0 Å². The molecule has 0 heterocycles. The molecule has 0 aliphatic carbocycles. The van der Waals surface area contributed by atoms with Crippen molar-refractivity contribution in [3.8, 4) is 0 Å². The molecular weight excluding hydrogens is 718 g/mol. The Morgan fingerprint density at radius 3 is 0.370 bits per heavy atom. The number of hydrogen-bond acceptors (Lipinski definition) is 0. The second-order valence-electron chi connectivity index (χ2n) is 8.80. The molecule has 0 nitrogen and oxygen atoms in total. The Labute approximate surface area is 263 Å². The standard InChI is InChI=1S/4C6F5.Al.Na/c4*7-2-1-3(8)5(10)6(11)4(2)9;;/q;;;;-1;+1. The zero-order valence-corrected chi connectivity index (χ0v) is 24.3. The van der Waals surface area contributed by atoms with E-state index in [9.17, 15) is 52.7 Å². The molecule has 0 fully saturated rings. The molecule has 0 aliphatic heterocycles. The Morgan fingerprint density at radius 1 is 0.174 bits per heavy atom. The van der Waals surface area contributed by atoms with E-state index in [1.54, 1.807) is 0 Å². The second-order valence-corrected chi connectivity index (χ2v) is 12.8. The number of rotatable bonds is 4. The molecular formula is C24AlF20Na. The molecule has 240 valence electrons. The van der Waals surface area contributed by atoms with E-state index in [0.717, 1.165) is 0 Å². The van der Waals surface area contributed by atoms with Crippen LogP contribution in [0.25, 0.3) is 0 Å². The van der Waals surface area contributed by atoms with E-state index < -0.39 is 147 Å². The molecule has 0 N–H and O–H groups in total. The van der Waals surface area contributed by atoms with Gasteiger partial charge in [0.1, 0.15) is 46.5 Å². The van der Waals surface area contributed by atoms with Crippen molar-refractivity contribution in [2.75, 3.05) is 0 Å². The van der Waals surface area contributed by atoms with Gasteiger partial charge in [-0.3, -0.25) is 0 Å². The smallest absolute Gasteiger partial charge is 0.208 e. The minimum atomic E-state index is -9.08. The van der Waals surface area contributed by atoms with Crippen LogP contribution in [0.3, 0.4) is 0 Å². The van der Waals surface area contributed by atoms with Gasteiger partial charge in [-0.15, -0.1) is 17.7 Å². The van der Waals surface area contributed by atoms with Crippen molar-refractivity contribution in [3.63, 3.8) is 0 Å². The topological polar surface area (TPSA) is 0 Å². The largest absolute Gasteiger partial charge is 1.00 e. The van der Waals surface area contributed by atoms with Crippen molar-refractivity contribution in [3.05, 3.63) is 116 Å². The first-order valence-corrected chi connectivity index (χ1v) is 13.2. The summed E-state index contributed by atoms with van der Waals surface area (Å²) in [6.45, 7) is 0. The van der Waals surface area contributed by atoms with Gasteiger partial charge in [-0.05, 0) is 0 Å². The molecule has 4 rings (SSSR count). The Morgan fingerprint density at radius 2 is 0.261 bits per heavy atom. The van der Waals surface area contributed by atoms with E-state index in [0.29, 0.717) is 0 Å². The van der Waals surface area contributed by atoms with Crippen LogP contribution in [0, 0.1) is 116 Å². The minimum absolute atomic E-state index is 0. The summed E-state index contributed by atoms with van der Waals surface area (Å²) < 4.78 is 280. The van der Waals surface area contributed by atoms with Gasteiger partial charge >= 0.3 is 42.6 Å². The Balaban J connectivity index is 0.00000576. The molecule has 0 aliphatic rings. The monoisotopic (exact) mass is 718 g/mol. The summed E-state index contributed by atoms with van der Waals surface area (Å²) in [4.78, 5) is 0. The first-order chi connectivity index (χ1) is 20.7. The van der Waals surface area contributed by atoms with Crippen molar-refractivity contribution in [1.29, 1.82) is 0 Å². The third-order valence-corrected chi connectivity index (χ3v) is 12.2. The van der Waals surface area contributed by atoms with Crippen LogP contribution in [0.4, 0.5) is 87.8 Å². The van der Waals surface area contributed by atoms with Gasteiger partial charge in [0, 0.05) is 0 Å². The van der Waals surface area contributed by atoms with Gasteiger partial charge in [0.25, 0.3) is 0 Å². The third-order valence-electron chi connectivity index (χ3n) is 6.71. The molecule has 4 aromatic carbocycles. The fourth-order valence-corrected chi connectivity index (χ4v) is 10.7. The van der Waals surface area contributed by atoms with Crippen molar-refractivity contribution in [1.82, 2.24) is 0 Å². The fourth-order valence-electron chi connectivity index (χ4n) is 4.87. The van der Waals surface area contributed by atoms with Crippen LogP contribution in [0.5, 0.6) is 0 Å². The average Bonchev–Trinajstić information content (AvgIpc) is 3.00. The van der Waals surface area contributed by atoms with E-state index in [1.807, 2.05) is 0 Å².